The van der Waals surface area contributed by atoms with Gasteiger partial charge in [0, 0.05) is 30.0 Å². The van der Waals surface area contributed by atoms with E-state index in [0.717, 1.165) is 37.6 Å². The Balaban J connectivity index is 1.60. The number of furan rings is 1. The van der Waals surface area contributed by atoms with Crippen molar-refractivity contribution in [2.75, 3.05) is 13.2 Å². The highest BCUT2D eigenvalue weighted by molar-refractivity contribution is 5.20. The summed E-state index contributed by atoms with van der Waals surface area (Å²) in [5, 5.41) is 3.47. The van der Waals surface area contributed by atoms with E-state index in [9.17, 15) is 0 Å². The minimum atomic E-state index is -0.181. The van der Waals surface area contributed by atoms with Gasteiger partial charge in [-0.25, -0.2) is 0 Å². The van der Waals surface area contributed by atoms with Gasteiger partial charge in [0.1, 0.15) is 11.5 Å². The molecule has 4 heteroatoms. The molecule has 1 aromatic heterocycles. The van der Waals surface area contributed by atoms with Crippen LogP contribution in [0.5, 0.6) is 0 Å². The lowest BCUT2D eigenvalue weighted by Gasteiger charge is -2.66. The fourth-order valence-electron chi connectivity index (χ4n) is 4.00. The predicted octanol–water partition coefficient (Wildman–Crippen LogP) is 2.21. The van der Waals surface area contributed by atoms with Crippen LogP contribution in [0.1, 0.15) is 38.2 Å². The average molecular weight is 278 g/mol. The van der Waals surface area contributed by atoms with Crippen LogP contribution in [0.25, 0.3) is 0 Å². The van der Waals surface area contributed by atoms with Gasteiger partial charge in [0.15, 0.2) is 0 Å². The number of nitrogens with one attached hydrogen (secondary N) is 1. The molecule has 1 aliphatic carbocycles. The molecule has 2 aliphatic rings. The molecule has 1 aromatic rings. The second-order valence-corrected chi connectivity index (χ2v) is 6.92. The van der Waals surface area contributed by atoms with Crippen molar-refractivity contribution < 1.29 is 9.15 Å². The van der Waals surface area contributed by atoms with Crippen LogP contribution in [-0.4, -0.2) is 24.8 Å². The summed E-state index contributed by atoms with van der Waals surface area (Å²) in [4.78, 5) is 0. The first-order valence-electron chi connectivity index (χ1n) is 7.62. The first kappa shape index (κ1) is 14.1. The summed E-state index contributed by atoms with van der Waals surface area (Å²) in [6.07, 6.45) is 2.65. The summed E-state index contributed by atoms with van der Waals surface area (Å²) >= 11 is 0. The molecule has 1 saturated heterocycles. The van der Waals surface area contributed by atoms with Gasteiger partial charge in [-0.3, -0.25) is 0 Å². The minimum Gasteiger partial charge on any atom is -0.465 e. The second kappa shape index (κ2) is 4.86. The van der Waals surface area contributed by atoms with E-state index in [1.165, 1.54) is 6.42 Å². The fourth-order valence-corrected chi connectivity index (χ4v) is 4.00. The smallest absolute Gasteiger partial charge is 0.117 e. The van der Waals surface area contributed by atoms with Crippen LogP contribution in [0.4, 0.5) is 0 Å². The normalized spacial score (nSPS) is 35.4. The summed E-state index contributed by atoms with van der Waals surface area (Å²) in [6, 6.07) is 4.01. The van der Waals surface area contributed by atoms with E-state index in [4.69, 9.17) is 14.9 Å². The van der Waals surface area contributed by atoms with Gasteiger partial charge in [0.05, 0.1) is 12.6 Å². The number of fused-ring (bicyclic) bond motifs is 1. The fraction of sp³-hybridized carbons (Fsp3) is 0.750. The topological polar surface area (TPSA) is 60.4 Å². The molecule has 3 N–H and O–H groups in total. The zero-order chi connectivity index (χ0) is 14.4. The minimum absolute atomic E-state index is 0.0319. The van der Waals surface area contributed by atoms with Crippen molar-refractivity contribution in [3.05, 3.63) is 23.7 Å². The van der Waals surface area contributed by atoms with Crippen molar-refractivity contribution in [3.63, 3.8) is 0 Å². The van der Waals surface area contributed by atoms with Crippen molar-refractivity contribution >= 4 is 0 Å². The third kappa shape index (κ3) is 2.01. The molecule has 2 fully saturated rings. The maximum absolute atomic E-state index is 6.73. The number of rotatable bonds is 4. The quantitative estimate of drug-likeness (QED) is 0.886. The van der Waals surface area contributed by atoms with E-state index in [2.05, 4.69) is 19.2 Å². The van der Waals surface area contributed by atoms with Crippen LogP contribution in [0, 0.1) is 18.3 Å². The summed E-state index contributed by atoms with van der Waals surface area (Å²) in [7, 11) is 0. The molecule has 2 heterocycles. The highest BCUT2D eigenvalue weighted by atomic mass is 16.5. The monoisotopic (exact) mass is 278 g/mol. The molecule has 0 amide bonds. The Morgan fingerprint density at radius 1 is 1.40 bits per heavy atom. The van der Waals surface area contributed by atoms with E-state index < -0.39 is 0 Å². The average Bonchev–Trinajstić information content (AvgIpc) is 2.84. The molecule has 1 aliphatic heterocycles. The van der Waals surface area contributed by atoms with Crippen molar-refractivity contribution in [3.8, 4) is 0 Å². The van der Waals surface area contributed by atoms with E-state index in [1.807, 2.05) is 19.1 Å². The van der Waals surface area contributed by atoms with Crippen molar-refractivity contribution in [1.29, 1.82) is 0 Å². The van der Waals surface area contributed by atoms with Crippen molar-refractivity contribution in [2.24, 2.45) is 17.1 Å². The van der Waals surface area contributed by atoms with Crippen molar-refractivity contribution in [1.82, 2.24) is 5.32 Å². The Bertz CT molecular complexity index is 483. The number of hydrogen-bond donors (Lipinski definition) is 2. The molecule has 4 nitrogen and oxygen atoms in total. The van der Waals surface area contributed by atoms with Crippen molar-refractivity contribution in [2.45, 2.75) is 51.8 Å². The number of ether oxygens (including phenoxy) is 1. The molecule has 3 rings (SSSR count). The van der Waals surface area contributed by atoms with Gasteiger partial charge < -0.3 is 20.2 Å². The lowest BCUT2D eigenvalue weighted by atomic mass is 9.46. The molecule has 0 aromatic carbocycles. The Morgan fingerprint density at radius 2 is 2.20 bits per heavy atom. The summed E-state index contributed by atoms with van der Waals surface area (Å²) in [5.74, 6) is 2.41. The van der Waals surface area contributed by atoms with E-state index in [-0.39, 0.29) is 11.0 Å². The number of nitrogens with two attached hydrogens (primary N) is 1. The zero-order valence-electron chi connectivity index (χ0n) is 12.7. The summed E-state index contributed by atoms with van der Waals surface area (Å²) in [6.45, 7) is 8.87. The Hall–Kier alpha value is -0.840. The molecule has 20 heavy (non-hydrogen) atoms. The standard InChI is InChI=1S/C16H26N2O2/c1-11-6-7-12(20-11)9-18-10-16(17)13-5-4-8-19-14(13)15(16,2)3/h6-7,13-14,18H,4-5,8-10,17H2,1-3H3. The largest absolute Gasteiger partial charge is 0.465 e. The van der Waals surface area contributed by atoms with Crippen LogP contribution in [0.15, 0.2) is 16.5 Å². The second-order valence-electron chi connectivity index (χ2n) is 6.92. The summed E-state index contributed by atoms with van der Waals surface area (Å²) in [5.41, 5.74) is 6.58. The van der Waals surface area contributed by atoms with E-state index in [1.54, 1.807) is 0 Å². The van der Waals surface area contributed by atoms with Gasteiger partial charge in [-0.1, -0.05) is 13.8 Å². The molecular weight excluding hydrogens is 252 g/mol. The molecule has 1 saturated carbocycles. The van der Waals surface area contributed by atoms with Crippen LogP contribution >= 0.6 is 0 Å². The maximum atomic E-state index is 6.73. The van der Waals surface area contributed by atoms with E-state index >= 15 is 0 Å². The van der Waals surface area contributed by atoms with Crippen LogP contribution in [0.3, 0.4) is 0 Å². The number of aryl methyl sites for hydroxylation is 1. The highest BCUT2D eigenvalue weighted by Gasteiger charge is 2.65. The van der Waals surface area contributed by atoms with Crippen LogP contribution < -0.4 is 11.1 Å². The Kier molecular flexibility index (Phi) is 3.43. The predicted molar refractivity (Wildman–Crippen MR) is 78.3 cm³/mol. The Labute approximate surface area is 121 Å². The lowest BCUT2D eigenvalue weighted by Crippen LogP contribution is -2.80. The molecule has 3 unspecified atom stereocenters. The SMILES string of the molecule is Cc1ccc(CNCC2(N)C3CCCOC3C2(C)C)o1. The Morgan fingerprint density at radius 3 is 2.90 bits per heavy atom. The van der Waals surface area contributed by atoms with Gasteiger partial charge in [0.2, 0.25) is 0 Å². The van der Waals surface area contributed by atoms with E-state index in [0.29, 0.717) is 12.0 Å². The highest BCUT2D eigenvalue weighted by Crippen LogP contribution is 2.56. The maximum Gasteiger partial charge on any atom is 0.117 e. The van der Waals surface area contributed by atoms with Gasteiger partial charge in [-0.2, -0.15) is 0 Å². The van der Waals surface area contributed by atoms with Crippen LogP contribution in [-0.2, 0) is 11.3 Å². The van der Waals surface area contributed by atoms with Gasteiger partial charge in [0.25, 0.3) is 0 Å². The molecule has 0 bridgehead atoms. The van der Waals surface area contributed by atoms with Gasteiger partial charge in [-0.05, 0) is 31.9 Å². The lowest BCUT2D eigenvalue weighted by molar-refractivity contribution is -0.225. The number of hydrogen-bond acceptors (Lipinski definition) is 4. The first-order valence-corrected chi connectivity index (χ1v) is 7.62. The van der Waals surface area contributed by atoms with Crippen LogP contribution in [0.2, 0.25) is 0 Å². The van der Waals surface area contributed by atoms with Gasteiger partial charge >= 0.3 is 0 Å². The molecule has 0 radical (unpaired) electrons. The zero-order valence-corrected chi connectivity index (χ0v) is 12.7. The first-order chi connectivity index (χ1) is 9.45. The molecular formula is C16H26N2O2. The van der Waals surface area contributed by atoms with Gasteiger partial charge in [-0.15, -0.1) is 0 Å². The third-order valence-electron chi connectivity index (χ3n) is 5.41. The molecule has 3 atom stereocenters. The third-order valence-corrected chi connectivity index (χ3v) is 5.41. The molecule has 0 spiro atoms. The summed E-state index contributed by atoms with van der Waals surface area (Å²) < 4.78 is 11.5. The molecule has 112 valence electrons.